The van der Waals surface area contributed by atoms with Gasteiger partial charge in [0.15, 0.2) is 5.01 Å². The molecule has 0 saturated heterocycles. The Balaban J connectivity index is 1.51. The highest BCUT2D eigenvalue weighted by Crippen LogP contribution is 2.32. The summed E-state index contributed by atoms with van der Waals surface area (Å²) in [6.45, 7) is 4.70. The second-order valence-electron chi connectivity index (χ2n) is 7.16. The number of anilines is 1. The molecule has 0 aromatic carbocycles. The molecule has 4 rings (SSSR count). The van der Waals surface area contributed by atoms with E-state index in [1.165, 1.54) is 4.57 Å². The zero-order valence-corrected chi connectivity index (χ0v) is 17.7. The topological polar surface area (TPSA) is 76.8 Å². The SMILES string of the molecule is Cc1cccc(C2=CCN(c3nc(C)n(Cc4cnc(C(F)(F)F)s4)c(=O)n3)CC2)n1. The van der Waals surface area contributed by atoms with Gasteiger partial charge in [-0.3, -0.25) is 9.55 Å². The van der Waals surface area contributed by atoms with Gasteiger partial charge in [0.1, 0.15) is 5.82 Å². The molecule has 1 aliphatic heterocycles. The monoisotopic (exact) mass is 448 g/mol. The molecule has 0 saturated carbocycles. The predicted molar refractivity (Wildman–Crippen MR) is 111 cm³/mol. The van der Waals surface area contributed by atoms with E-state index in [1.54, 1.807) is 6.92 Å². The Bertz CT molecular complexity index is 1200. The van der Waals surface area contributed by atoms with Crippen LogP contribution in [0.2, 0.25) is 0 Å². The number of halogens is 3. The van der Waals surface area contributed by atoms with E-state index in [4.69, 9.17) is 0 Å². The molecule has 162 valence electrons. The Kier molecular flexibility index (Phi) is 5.61. The predicted octanol–water partition coefficient (Wildman–Crippen LogP) is 3.47. The molecule has 0 radical (unpaired) electrons. The van der Waals surface area contributed by atoms with E-state index < -0.39 is 16.9 Å². The van der Waals surface area contributed by atoms with Crippen molar-refractivity contribution in [2.24, 2.45) is 0 Å². The van der Waals surface area contributed by atoms with Crippen LogP contribution in [0.3, 0.4) is 0 Å². The van der Waals surface area contributed by atoms with Crippen molar-refractivity contribution in [1.29, 1.82) is 0 Å². The molecular weight excluding hydrogens is 429 g/mol. The van der Waals surface area contributed by atoms with Gasteiger partial charge in [0.05, 0.1) is 12.2 Å². The Hall–Kier alpha value is -3.08. The summed E-state index contributed by atoms with van der Waals surface area (Å²) in [4.78, 5) is 31.2. The second kappa shape index (κ2) is 8.22. The van der Waals surface area contributed by atoms with Crippen molar-refractivity contribution in [1.82, 2.24) is 24.5 Å². The normalized spacial score (nSPS) is 14.6. The maximum absolute atomic E-state index is 12.8. The third kappa shape index (κ3) is 4.66. The average Bonchev–Trinajstić information content (AvgIpc) is 3.20. The minimum atomic E-state index is -4.50. The van der Waals surface area contributed by atoms with Gasteiger partial charge in [-0.2, -0.15) is 23.1 Å². The average molecular weight is 448 g/mol. The minimum absolute atomic E-state index is 0.0538. The van der Waals surface area contributed by atoms with Gasteiger partial charge in [0.2, 0.25) is 5.95 Å². The quantitative estimate of drug-likeness (QED) is 0.608. The van der Waals surface area contributed by atoms with E-state index in [1.807, 2.05) is 36.1 Å². The van der Waals surface area contributed by atoms with Crippen LogP contribution in [0.4, 0.5) is 19.1 Å². The maximum atomic E-state index is 12.8. The van der Waals surface area contributed by atoms with Crippen LogP contribution in [0.5, 0.6) is 0 Å². The zero-order valence-electron chi connectivity index (χ0n) is 16.8. The third-order valence-electron chi connectivity index (χ3n) is 4.90. The standard InChI is InChI=1S/C20H19F3N6OS/c1-12-4-3-5-16(25-12)14-6-8-28(9-7-14)18-26-13(2)29(19(30)27-18)11-15-10-24-17(31-15)20(21,22)23/h3-6,10H,7-9,11H2,1-2H3. The van der Waals surface area contributed by atoms with Crippen molar-refractivity contribution in [2.75, 3.05) is 18.0 Å². The molecule has 0 fully saturated rings. The molecule has 0 aliphatic carbocycles. The number of aryl methyl sites for hydroxylation is 2. The lowest BCUT2D eigenvalue weighted by Gasteiger charge is -2.26. The first-order valence-corrected chi connectivity index (χ1v) is 10.4. The molecule has 0 spiro atoms. The van der Waals surface area contributed by atoms with E-state index in [9.17, 15) is 18.0 Å². The Morgan fingerprint density at radius 1 is 1.16 bits per heavy atom. The fourth-order valence-corrected chi connectivity index (χ4v) is 4.08. The van der Waals surface area contributed by atoms with Crippen LogP contribution in [0.1, 0.15) is 33.5 Å². The fraction of sp³-hybridized carbons (Fsp3) is 0.350. The Labute approximate surface area is 180 Å². The molecular formula is C20H19F3N6OS. The van der Waals surface area contributed by atoms with Crippen LogP contribution in [0, 0.1) is 13.8 Å². The van der Waals surface area contributed by atoms with Crippen molar-refractivity contribution >= 4 is 22.9 Å². The summed E-state index contributed by atoms with van der Waals surface area (Å²) in [5.41, 5.74) is 2.47. The van der Waals surface area contributed by atoms with Gasteiger partial charge < -0.3 is 4.90 Å². The van der Waals surface area contributed by atoms with Gasteiger partial charge in [-0.25, -0.2) is 9.78 Å². The first-order valence-electron chi connectivity index (χ1n) is 9.56. The fourth-order valence-electron chi connectivity index (χ4n) is 3.31. The highest BCUT2D eigenvalue weighted by atomic mass is 32.1. The lowest BCUT2D eigenvalue weighted by Crippen LogP contribution is -2.35. The number of hydrogen-bond acceptors (Lipinski definition) is 7. The van der Waals surface area contributed by atoms with Crippen molar-refractivity contribution in [3.8, 4) is 0 Å². The lowest BCUT2D eigenvalue weighted by molar-refractivity contribution is -0.137. The summed E-state index contributed by atoms with van der Waals surface area (Å²) in [5.74, 6) is 0.693. The van der Waals surface area contributed by atoms with E-state index in [0.717, 1.165) is 29.6 Å². The molecule has 0 unspecified atom stereocenters. The van der Waals surface area contributed by atoms with Gasteiger partial charge in [0.25, 0.3) is 0 Å². The van der Waals surface area contributed by atoms with Crippen LogP contribution in [-0.2, 0) is 12.7 Å². The molecule has 3 aromatic rings. The summed E-state index contributed by atoms with van der Waals surface area (Å²) < 4.78 is 39.5. The second-order valence-corrected chi connectivity index (χ2v) is 8.27. The molecule has 7 nitrogen and oxygen atoms in total. The number of rotatable bonds is 4. The van der Waals surface area contributed by atoms with Gasteiger partial charge >= 0.3 is 11.9 Å². The highest BCUT2D eigenvalue weighted by Gasteiger charge is 2.34. The summed E-state index contributed by atoms with van der Waals surface area (Å²) in [7, 11) is 0. The molecule has 31 heavy (non-hydrogen) atoms. The van der Waals surface area contributed by atoms with Crippen molar-refractivity contribution < 1.29 is 13.2 Å². The van der Waals surface area contributed by atoms with Crippen LogP contribution in [0.25, 0.3) is 5.57 Å². The molecule has 3 aromatic heterocycles. The Morgan fingerprint density at radius 3 is 2.58 bits per heavy atom. The largest absolute Gasteiger partial charge is 0.443 e. The zero-order chi connectivity index (χ0) is 22.2. The minimum Gasteiger partial charge on any atom is -0.337 e. The van der Waals surface area contributed by atoms with Crippen molar-refractivity contribution in [2.45, 2.75) is 33.0 Å². The summed E-state index contributed by atoms with van der Waals surface area (Å²) in [6.07, 6.45) is -0.587. The first-order chi connectivity index (χ1) is 14.7. The summed E-state index contributed by atoms with van der Waals surface area (Å²) in [6, 6.07) is 5.89. The van der Waals surface area contributed by atoms with Crippen LogP contribution in [0.15, 0.2) is 35.3 Å². The maximum Gasteiger partial charge on any atom is 0.443 e. The van der Waals surface area contributed by atoms with E-state index >= 15 is 0 Å². The van der Waals surface area contributed by atoms with Crippen molar-refractivity contribution in [3.63, 3.8) is 0 Å². The van der Waals surface area contributed by atoms with E-state index in [-0.39, 0.29) is 6.54 Å². The Morgan fingerprint density at radius 2 is 1.97 bits per heavy atom. The van der Waals surface area contributed by atoms with Gasteiger partial charge in [-0.1, -0.05) is 12.1 Å². The van der Waals surface area contributed by atoms with E-state index in [2.05, 4.69) is 19.9 Å². The van der Waals surface area contributed by atoms with Crippen LogP contribution in [-0.4, -0.2) is 37.6 Å². The van der Waals surface area contributed by atoms with Crippen molar-refractivity contribution in [3.05, 3.63) is 68.1 Å². The molecule has 1 aliphatic rings. The van der Waals surface area contributed by atoms with Crippen LogP contribution >= 0.6 is 11.3 Å². The summed E-state index contributed by atoms with van der Waals surface area (Å²) in [5, 5.41) is -0.940. The number of alkyl halides is 3. The number of hydrogen-bond donors (Lipinski definition) is 0. The number of nitrogens with zero attached hydrogens (tertiary/aromatic N) is 6. The number of thiazole rings is 1. The molecule has 11 heteroatoms. The summed E-state index contributed by atoms with van der Waals surface area (Å²) >= 11 is 0.508. The number of aromatic nitrogens is 5. The highest BCUT2D eigenvalue weighted by molar-refractivity contribution is 7.11. The van der Waals surface area contributed by atoms with Crippen LogP contribution < -0.4 is 10.6 Å². The molecule has 0 bridgehead atoms. The van der Waals surface area contributed by atoms with Gasteiger partial charge in [-0.15, -0.1) is 11.3 Å². The molecule has 0 atom stereocenters. The first kappa shape index (κ1) is 21.2. The van der Waals surface area contributed by atoms with Gasteiger partial charge in [-0.05, 0) is 38.0 Å². The molecule has 4 heterocycles. The smallest absolute Gasteiger partial charge is 0.337 e. The van der Waals surface area contributed by atoms with Gasteiger partial charge in [0, 0.05) is 29.9 Å². The van der Waals surface area contributed by atoms with E-state index in [0.29, 0.717) is 41.1 Å². The number of pyridine rings is 1. The molecule has 0 N–H and O–H groups in total. The lowest BCUT2D eigenvalue weighted by atomic mass is 10.0. The molecule has 0 amide bonds. The third-order valence-corrected chi connectivity index (χ3v) is 5.93.